The van der Waals surface area contributed by atoms with E-state index in [-0.39, 0.29) is 27.5 Å². The Balaban J connectivity index is 2.51. The van der Waals surface area contributed by atoms with Gasteiger partial charge in [-0.3, -0.25) is 0 Å². The lowest BCUT2D eigenvalue weighted by Gasteiger charge is -2.46. The molecule has 0 aliphatic heterocycles. The fourth-order valence-electron chi connectivity index (χ4n) is 3.55. The molecule has 0 aliphatic carbocycles. The molecule has 0 aromatic heterocycles. The largest absolute Gasteiger partial charge is 0.410 e. The van der Waals surface area contributed by atoms with Crippen molar-refractivity contribution in [1.82, 2.24) is 0 Å². The quantitative estimate of drug-likeness (QED) is 0.136. The molecular weight excluding hydrogens is 521 g/mol. The van der Waals surface area contributed by atoms with Gasteiger partial charge in [0, 0.05) is 4.90 Å². The van der Waals surface area contributed by atoms with Gasteiger partial charge in [0.2, 0.25) is 0 Å². The maximum Gasteiger partial charge on any atom is 0.192 e. The third-order valence-electron chi connectivity index (χ3n) is 7.97. The van der Waals surface area contributed by atoms with Gasteiger partial charge in [-0.25, -0.2) is 0 Å². The number of hydrogen-bond acceptors (Lipinski definition) is 4. The average molecular weight is 573 g/mol. The molecule has 38 heavy (non-hydrogen) atoms. The van der Waals surface area contributed by atoms with Gasteiger partial charge >= 0.3 is 0 Å². The first-order valence-corrected chi connectivity index (χ1v) is 20.6. The minimum absolute atomic E-state index is 0.0782. The number of allylic oxidation sites excluding steroid dienone is 1. The van der Waals surface area contributed by atoms with E-state index in [0.717, 1.165) is 0 Å². The van der Waals surface area contributed by atoms with E-state index in [9.17, 15) is 0 Å². The van der Waals surface area contributed by atoms with Gasteiger partial charge in [0.05, 0.1) is 30.7 Å². The van der Waals surface area contributed by atoms with Gasteiger partial charge in [0.1, 0.15) is 0 Å². The van der Waals surface area contributed by atoms with Crippen LogP contribution in [-0.4, -0.2) is 40.7 Å². The topological polar surface area (TPSA) is 27.7 Å². The highest BCUT2D eigenvalue weighted by Gasteiger charge is 2.46. The summed E-state index contributed by atoms with van der Waals surface area (Å²) in [5, 5.41) is 0.247. The van der Waals surface area contributed by atoms with Crippen LogP contribution >= 0.6 is 11.8 Å². The van der Waals surface area contributed by atoms with Gasteiger partial charge < -0.3 is 13.6 Å². The molecule has 2 rings (SSSR count). The zero-order valence-corrected chi connectivity index (χ0v) is 28.5. The first-order chi connectivity index (χ1) is 17.6. The van der Waals surface area contributed by atoms with Crippen molar-refractivity contribution in [3.63, 3.8) is 0 Å². The minimum atomic E-state index is -2.13. The van der Waals surface area contributed by atoms with Crippen LogP contribution in [0.15, 0.2) is 77.7 Å². The number of thioether (sulfide) groups is 1. The molecule has 0 aliphatic rings. The van der Waals surface area contributed by atoms with Gasteiger partial charge in [-0.15, -0.1) is 11.8 Å². The summed E-state index contributed by atoms with van der Waals surface area (Å²) >= 11 is 1.85. The molecule has 6 heteroatoms. The van der Waals surface area contributed by atoms with Gasteiger partial charge in [-0.1, -0.05) is 102 Å². The van der Waals surface area contributed by atoms with Crippen molar-refractivity contribution in [2.24, 2.45) is 0 Å². The summed E-state index contributed by atoms with van der Waals surface area (Å²) in [6.45, 7) is 26.3. The summed E-state index contributed by atoms with van der Waals surface area (Å²) in [6, 6.07) is 21.0. The highest BCUT2D eigenvalue weighted by molar-refractivity contribution is 8.00. The Morgan fingerprint density at radius 3 is 1.76 bits per heavy atom. The Kier molecular flexibility index (Phi) is 12.1. The summed E-state index contributed by atoms with van der Waals surface area (Å²) in [5.74, 6) is 0. The van der Waals surface area contributed by atoms with E-state index in [4.69, 9.17) is 13.6 Å². The van der Waals surface area contributed by atoms with Gasteiger partial charge in [0.15, 0.2) is 16.6 Å². The smallest absolute Gasteiger partial charge is 0.192 e. The van der Waals surface area contributed by atoms with Gasteiger partial charge in [-0.05, 0) is 60.9 Å². The summed E-state index contributed by atoms with van der Waals surface area (Å²) in [6.07, 6.45) is 4.10. The second-order valence-electron chi connectivity index (χ2n) is 13.2. The molecular formula is C32H52O3SSi2. The SMILES string of the molecule is C/C=C/[C@@H](Sc1ccccc1)[C@H](O[Si](C)(C)C(C)(C)C)[C@H](COCc1ccccc1)O[Si](C)(C)C(C)(C)C. The summed E-state index contributed by atoms with van der Waals surface area (Å²) in [7, 11) is -4.25. The van der Waals surface area contributed by atoms with Gasteiger partial charge in [-0.2, -0.15) is 0 Å². The zero-order chi connectivity index (χ0) is 28.6. The fourth-order valence-corrected chi connectivity index (χ4v) is 7.52. The normalized spacial score (nSPS) is 16.0. The third-order valence-corrected chi connectivity index (χ3v) is 18.2. The maximum absolute atomic E-state index is 7.30. The monoisotopic (exact) mass is 572 g/mol. The molecule has 0 saturated carbocycles. The van der Waals surface area contributed by atoms with Crippen LogP contribution in [0.5, 0.6) is 0 Å². The summed E-state index contributed by atoms with van der Waals surface area (Å²) < 4.78 is 20.9. The van der Waals surface area contributed by atoms with Crippen molar-refractivity contribution in [3.8, 4) is 0 Å². The van der Waals surface area contributed by atoms with Crippen LogP contribution in [0.3, 0.4) is 0 Å². The molecule has 0 fully saturated rings. The van der Waals surface area contributed by atoms with E-state index >= 15 is 0 Å². The molecule has 2 aromatic rings. The molecule has 3 nitrogen and oxygen atoms in total. The van der Waals surface area contributed by atoms with Crippen LogP contribution in [-0.2, 0) is 20.2 Å². The third kappa shape index (κ3) is 9.79. The predicted molar refractivity (Wildman–Crippen MR) is 171 cm³/mol. The number of benzene rings is 2. The van der Waals surface area contributed by atoms with E-state index in [1.807, 2.05) is 17.8 Å². The van der Waals surface area contributed by atoms with Crippen LogP contribution < -0.4 is 0 Å². The molecule has 0 saturated heterocycles. The molecule has 0 heterocycles. The lowest BCUT2D eigenvalue weighted by atomic mass is 10.1. The Labute approximate surface area is 240 Å². The Hall–Kier alpha value is -1.16. The molecule has 0 bridgehead atoms. The van der Waals surface area contributed by atoms with Crippen molar-refractivity contribution < 1.29 is 13.6 Å². The lowest BCUT2D eigenvalue weighted by Crippen LogP contribution is -2.55. The standard InChI is InChI=1S/C32H52O3SSi2/c1-12-19-29(36-27-22-17-14-18-23-27)30(35-38(10,11)32(5,6)7)28(34-37(8,9)31(2,3)4)25-33-24-26-20-15-13-16-21-26/h12-23,28-30H,24-25H2,1-11H3/b19-12+/t28-,29+,30+/m0/s1. The highest BCUT2D eigenvalue weighted by Crippen LogP contribution is 2.43. The molecule has 0 spiro atoms. The minimum Gasteiger partial charge on any atom is -0.410 e. The van der Waals surface area contributed by atoms with E-state index in [1.54, 1.807) is 0 Å². The first-order valence-electron chi connectivity index (χ1n) is 13.9. The van der Waals surface area contributed by atoms with E-state index in [2.05, 4.69) is 141 Å². The Bertz CT molecular complexity index is 979. The summed E-state index contributed by atoms with van der Waals surface area (Å²) in [5.41, 5.74) is 1.17. The molecule has 212 valence electrons. The number of rotatable bonds is 13. The molecule has 0 amide bonds. The fraction of sp³-hybridized carbons (Fsp3) is 0.562. The number of hydrogen-bond donors (Lipinski definition) is 0. The van der Waals surface area contributed by atoms with E-state index in [1.165, 1.54) is 10.5 Å². The lowest BCUT2D eigenvalue weighted by molar-refractivity contribution is -0.0267. The second kappa shape index (κ2) is 14.0. The van der Waals surface area contributed by atoms with Crippen molar-refractivity contribution >= 4 is 28.4 Å². The van der Waals surface area contributed by atoms with Crippen LogP contribution in [0.25, 0.3) is 0 Å². The Morgan fingerprint density at radius 1 is 0.763 bits per heavy atom. The van der Waals surface area contributed by atoms with Crippen molar-refractivity contribution in [2.45, 2.75) is 114 Å². The van der Waals surface area contributed by atoms with Crippen LogP contribution in [0.1, 0.15) is 54.0 Å². The first kappa shape index (κ1) is 33.1. The van der Waals surface area contributed by atoms with Crippen molar-refractivity contribution in [3.05, 3.63) is 78.4 Å². The molecule has 3 atom stereocenters. The second-order valence-corrected chi connectivity index (χ2v) is 23.9. The zero-order valence-electron chi connectivity index (χ0n) is 25.7. The maximum atomic E-state index is 7.30. The molecule has 0 unspecified atom stereocenters. The van der Waals surface area contributed by atoms with Crippen LogP contribution in [0.4, 0.5) is 0 Å². The van der Waals surface area contributed by atoms with Crippen molar-refractivity contribution in [1.29, 1.82) is 0 Å². The average Bonchev–Trinajstić information content (AvgIpc) is 2.81. The Morgan fingerprint density at radius 2 is 1.26 bits per heavy atom. The van der Waals surface area contributed by atoms with Gasteiger partial charge in [0.25, 0.3) is 0 Å². The summed E-state index contributed by atoms with van der Waals surface area (Å²) in [4.78, 5) is 1.23. The van der Waals surface area contributed by atoms with E-state index in [0.29, 0.717) is 13.2 Å². The molecule has 2 aromatic carbocycles. The molecule has 0 radical (unpaired) electrons. The van der Waals surface area contributed by atoms with Crippen LogP contribution in [0, 0.1) is 0 Å². The van der Waals surface area contributed by atoms with Crippen LogP contribution in [0.2, 0.25) is 36.3 Å². The molecule has 0 N–H and O–H groups in total. The van der Waals surface area contributed by atoms with E-state index < -0.39 is 16.6 Å². The van der Waals surface area contributed by atoms with Crippen molar-refractivity contribution in [2.75, 3.05) is 6.61 Å². The highest BCUT2D eigenvalue weighted by atomic mass is 32.2. The number of ether oxygens (including phenoxy) is 1. The predicted octanol–water partition coefficient (Wildman–Crippen LogP) is 9.72.